The third-order valence-corrected chi connectivity index (χ3v) is 6.21. The van der Waals surface area contributed by atoms with Gasteiger partial charge in [-0.05, 0) is 95.9 Å². The second-order valence-electron chi connectivity index (χ2n) is 8.70. The van der Waals surface area contributed by atoms with Gasteiger partial charge in [-0.3, -0.25) is 0 Å². The molecule has 0 heterocycles. The van der Waals surface area contributed by atoms with Crippen LogP contribution in [0.2, 0.25) is 0 Å². The summed E-state index contributed by atoms with van der Waals surface area (Å²) in [5.74, 6) is 1.30. The fourth-order valence-electron chi connectivity index (χ4n) is 4.96. The van der Waals surface area contributed by atoms with Crippen LogP contribution in [0.3, 0.4) is 0 Å². The number of hydrogen-bond acceptors (Lipinski definition) is 1. The smallest absolute Gasteiger partial charge is 0.335 e. The Kier molecular flexibility index (Phi) is 4.67. The fourth-order valence-corrected chi connectivity index (χ4v) is 4.96. The molecule has 2 aromatic carbocycles. The SMILES string of the molecule is CC(=Cc1ccc(C(=O)O)cc1)c1cc2c(cc1CC(C)C)C1CCC2C1. The van der Waals surface area contributed by atoms with Gasteiger partial charge in [0.1, 0.15) is 0 Å². The van der Waals surface area contributed by atoms with Crippen LogP contribution >= 0.6 is 0 Å². The summed E-state index contributed by atoms with van der Waals surface area (Å²) in [4.78, 5) is 11.1. The first-order chi connectivity index (χ1) is 12.9. The van der Waals surface area contributed by atoms with Crippen molar-refractivity contribution >= 4 is 17.6 Å². The van der Waals surface area contributed by atoms with E-state index in [-0.39, 0.29) is 0 Å². The molecule has 0 aliphatic heterocycles. The van der Waals surface area contributed by atoms with Gasteiger partial charge in [0.2, 0.25) is 0 Å². The molecular formula is C25H28O2. The maximum atomic E-state index is 11.1. The number of carboxylic acid groups (broad SMARTS) is 1. The van der Waals surface area contributed by atoms with E-state index in [2.05, 4.69) is 39.0 Å². The van der Waals surface area contributed by atoms with Crippen LogP contribution in [0.25, 0.3) is 11.6 Å². The molecule has 4 rings (SSSR count). The summed E-state index contributed by atoms with van der Waals surface area (Å²) in [7, 11) is 0. The van der Waals surface area contributed by atoms with Gasteiger partial charge in [0.15, 0.2) is 0 Å². The summed E-state index contributed by atoms with van der Waals surface area (Å²) >= 11 is 0. The van der Waals surface area contributed by atoms with Crippen molar-refractivity contribution in [2.24, 2.45) is 5.92 Å². The topological polar surface area (TPSA) is 37.3 Å². The molecule has 2 nitrogen and oxygen atoms in total. The second-order valence-corrected chi connectivity index (χ2v) is 8.70. The van der Waals surface area contributed by atoms with E-state index in [1.165, 1.54) is 36.0 Å². The van der Waals surface area contributed by atoms with Crippen LogP contribution in [0.5, 0.6) is 0 Å². The number of carboxylic acids is 1. The van der Waals surface area contributed by atoms with Crippen molar-refractivity contribution in [3.05, 3.63) is 69.8 Å². The van der Waals surface area contributed by atoms with Gasteiger partial charge in [-0.25, -0.2) is 4.79 Å². The number of aromatic carboxylic acids is 1. The van der Waals surface area contributed by atoms with E-state index in [0.29, 0.717) is 11.5 Å². The molecule has 1 saturated carbocycles. The number of allylic oxidation sites excluding steroid dienone is 1. The van der Waals surface area contributed by atoms with Gasteiger partial charge < -0.3 is 5.11 Å². The Morgan fingerprint density at radius 2 is 1.74 bits per heavy atom. The van der Waals surface area contributed by atoms with Crippen LogP contribution in [0.15, 0.2) is 36.4 Å². The Morgan fingerprint density at radius 1 is 1.11 bits per heavy atom. The summed E-state index contributed by atoms with van der Waals surface area (Å²) < 4.78 is 0. The zero-order chi connectivity index (χ0) is 19.1. The lowest BCUT2D eigenvalue weighted by atomic mass is 9.84. The van der Waals surface area contributed by atoms with E-state index < -0.39 is 5.97 Å². The van der Waals surface area contributed by atoms with Crippen molar-refractivity contribution in [2.75, 3.05) is 0 Å². The normalized spacial score (nSPS) is 21.0. The summed E-state index contributed by atoms with van der Waals surface area (Å²) in [5.41, 5.74) is 8.68. The Labute approximate surface area is 161 Å². The second kappa shape index (κ2) is 6.99. The predicted molar refractivity (Wildman–Crippen MR) is 111 cm³/mol. The van der Waals surface area contributed by atoms with Crippen molar-refractivity contribution in [3.8, 4) is 0 Å². The summed E-state index contributed by atoms with van der Waals surface area (Å²) in [6.07, 6.45) is 7.34. The molecule has 0 radical (unpaired) electrons. The van der Waals surface area contributed by atoms with Gasteiger partial charge in [0.25, 0.3) is 0 Å². The number of hydrogen-bond donors (Lipinski definition) is 1. The first-order valence-corrected chi connectivity index (χ1v) is 10.1. The van der Waals surface area contributed by atoms with E-state index in [4.69, 9.17) is 5.11 Å². The highest BCUT2D eigenvalue weighted by Crippen LogP contribution is 2.54. The quantitative estimate of drug-likeness (QED) is 0.617. The maximum absolute atomic E-state index is 11.1. The zero-order valence-corrected chi connectivity index (χ0v) is 16.5. The molecule has 0 aromatic heterocycles. The fraction of sp³-hybridized carbons (Fsp3) is 0.400. The Hall–Kier alpha value is -2.35. The van der Waals surface area contributed by atoms with Crippen LogP contribution in [0, 0.1) is 5.92 Å². The van der Waals surface area contributed by atoms with Gasteiger partial charge in [-0.1, -0.05) is 44.2 Å². The first kappa shape index (κ1) is 18.0. The van der Waals surface area contributed by atoms with Gasteiger partial charge in [0, 0.05) is 0 Å². The monoisotopic (exact) mass is 360 g/mol. The van der Waals surface area contributed by atoms with E-state index in [1.54, 1.807) is 23.3 Å². The minimum absolute atomic E-state index is 0.332. The number of fused-ring (bicyclic) bond motifs is 5. The van der Waals surface area contributed by atoms with Gasteiger partial charge in [-0.15, -0.1) is 0 Å². The highest BCUT2D eigenvalue weighted by Gasteiger charge is 2.37. The van der Waals surface area contributed by atoms with Gasteiger partial charge in [-0.2, -0.15) is 0 Å². The number of benzene rings is 2. The largest absolute Gasteiger partial charge is 0.478 e. The van der Waals surface area contributed by atoms with E-state index in [0.717, 1.165) is 23.8 Å². The molecule has 2 heteroatoms. The number of rotatable bonds is 5. The van der Waals surface area contributed by atoms with Crippen LogP contribution < -0.4 is 0 Å². The number of carbonyl (C=O) groups is 1. The van der Waals surface area contributed by atoms with Crippen LogP contribution in [0.4, 0.5) is 0 Å². The van der Waals surface area contributed by atoms with Crippen molar-refractivity contribution in [2.45, 2.75) is 58.3 Å². The Balaban J connectivity index is 1.72. The highest BCUT2D eigenvalue weighted by molar-refractivity contribution is 5.88. The van der Waals surface area contributed by atoms with Crippen LogP contribution in [-0.4, -0.2) is 11.1 Å². The minimum Gasteiger partial charge on any atom is -0.478 e. The van der Waals surface area contributed by atoms with Crippen LogP contribution in [0.1, 0.15) is 90.0 Å². The van der Waals surface area contributed by atoms with Crippen molar-refractivity contribution < 1.29 is 9.90 Å². The van der Waals surface area contributed by atoms with Gasteiger partial charge in [0.05, 0.1) is 5.56 Å². The molecule has 27 heavy (non-hydrogen) atoms. The van der Waals surface area contributed by atoms with Crippen molar-refractivity contribution in [1.82, 2.24) is 0 Å². The average Bonchev–Trinajstić information content (AvgIpc) is 3.23. The van der Waals surface area contributed by atoms with Crippen LogP contribution in [-0.2, 0) is 6.42 Å². The maximum Gasteiger partial charge on any atom is 0.335 e. The third-order valence-electron chi connectivity index (χ3n) is 6.21. The molecule has 0 spiro atoms. The minimum atomic E-state index is -0.879. The lowest BCUT2D eigenvalue weighted by Crippen LogP contribution is -2.05. The third kappa shape index (κ3) is 3.45. The Morgan fingerprint density at radius 3 is 2.33 bits per heavy atom. The van der Waals surface area contributed by atoms with E-state index in [1.807, 2.05) is 12.1 Å². The van der Waals surface area contributed by atoms with Crippen molar-refractivity contribution in [3.63, 3.8) is 0 Å². The molecule has 140 valence electrons. The molecule has 1 fully saturated rings. The Bertz CT molecular complexity index is 903. The average molecular weight is 360 g/mol. The van der Waals surface area contributed by atoms with E-state index in [9.17, 15) is 4.79 Å². The lowest BCUT2D eigenvalue weighted by Gasteiger charge is -2.21. The summed E-state index contributed by atoms with van der Waals surface area (Å²) in [5, 5.41) is 9.08. The molecular weight excluding hydrogens is 332 g/mol. The molecule has 2 atom stereocenters. The summed E-state index contributed by atoms with van der Waals surface area (Å²) in [6.45, 7) is 6.75. The molecule has 0 amide bonds. The molecule has 2 bridgehead atoms. The highest BCUT2D eigenvalue weighted by atomic mass is 16.4. The zero-order valence-electron chi connectivity index (χ0n) is 16.5. The lowest BCUT2D eigenvalue weighted by molar-refractivity contribution is 0.0697. The molecule has 2 unspecified atom stereocenters. The molecule has 2 aliphatic rings. The van der Waals surface area contributed by atoms with E-state index >= 15 is 0 Å². The molecule has 2 aromatic rings. The molecule has 2 aliphatic carbocycles. The molecule has 0 saturated heterocycles. The van der Waals surface area contributed by atoms with Gasteiger partial charge >= 0.3 is 5.97 Å². The predicted octanol–water partition coefficient (Wildman–Crippen LogP) is 6.51. The first-order valence-electron chi connectivity index (χ1n) is 10.1. The molecule has 1 N–H and O–H groups in total. The summed E-state index contributed by atoms with van der Waals surface area (Å²) in [6, 6.07) is 12.1. The van der Waals surface area contributed by atoms with Crippen molar-refractivity contribution in [1.29, 1.82) is 0 Å². The standard InChI is InChI=1S/C25H28O2/c1-15(2)10-21-13-23-19-8-9-20(12-19)24(23)14-22(21)16(3)11-17-4-6-18(7-5-17)25(26)27/h4-7,11,13-15,19-20H,8-10,12H2,1-3H3,(H,26,27).